The summed E-state index contributed by atoms with van der Waals surface area (Å²) in [6.45, 7) is 8.94. The lowest BCUT2D eigenvalue weighted by Crippen LogP contribution is -2.54. The Bertz CT molecular complexity index is 656. The number of piperazine rings is 1. The lowest BCUT2D eigenvalue weighted by Gasteiger charge is -2.36. The number of rotatable bonds is 5. The zero-order valence-corrected chi connectivity index (χ0v) is 16.0. The van der Waals surface area contributed by atoms with E-state index in [0.717, 1.165) is 18.4 Å². The van der Waals surface area contributed by atoms with E-state index >= 15 is 0 Å². The third kappa shape index (κ3) is 4.24. The summed E-state index contributed by atoms with van der Waals surface area (Å²) < 4.78 is 0. The number of amides is 2. The van der Waals surface area contributed by atoms with Gasteiger partial charge in [-0.3, -0.25) is 20.4 Å². The van der Waals surface area contributed by atoms with Crippen LogP contribution in [0.1, 0.15) is 36.5 Å². The minimum absolute atomic E-state index is 0.0368. The Kier molecular flexibility index (Phi) is 5.94. The first-order valence-electron chi connectivity index (χ1n) is 9.60. The molecule has 1 aromatic rings. The van der Waals surface area contributed by atoms with Crippen LogP contribution in [0.25, 0.3) is 0 Å². The van der Waals surface area contributed by atoms with Gasteiger partial charge in [0, 0.05) is 32.2 Å². The Morgan fingerprint density at radius 3 is 2.58 bits per heavy atom. The number of hydrogen-bond acceptors (Lipinski definition) is 4. The van der Waals surface area contributed by atoms with Crippen molar-refractivity contribution < 1.29 is 9.59 Å². The topological polar surface area (TPSA) is 64.7 Å². The summed E-state index contributed by atoms with van der Waals surface area (Å²) in [7, 11) is 0. The molecule has 2 heterocycles. The van der Waals surface area contributed by atoms with E-state index in [1.54, 1.807) is 4.90 Å². The van der Waals surface area contributed by atoms with Crippen molar-refractivity contribution in [1.29, 1.82) is 0 Å². The van der Waals surface area contributed by atoms with E-state index < -0.39 is 0 Å². The largest absolute Gasteiger partial charge is 0.335 e. The molecule has 0 saturated carbocycles. The van der Waals surface area contributed by atoms with Crippen molar-refractivity contribution in [3.05, 3.63) is 34.9 Å². The van der Waals surface area contributed by atoms with Crippen LogP contribution in [-0.4, -0.2) is 53.8 Å². The molecular formula is C20H30N4O2. The molecule has 1 aromatic carbocycles. The Morgan fingerprint density at radius 2 is 1.92 bits per heavy atom. The van der Waals surface area contributed by atoms with E-state index in [4.69, 9.17) is 0 Å². The Hall–Kier alpha value is -1.92. The second-order valence-electron chi connectivity index (χ2n) is 7.60. The van der Waals surface area contributed by atoms with Crippen LogP contribution in [0.2, 0.25) is 0 Å². The molecule has 0 bridgehead atoms. The lowest BCUT2D eigenvalue weighted by atomic mass is 9.96. The van der Waals surface area contributed by atoms with E-state index in [1.165, 1.54) is 11.1 Å². The van der Waals surface area contributed by atoms with Gasteiger partial charge in [-0.15, -0.1) is 0 Å². The van der Waals surface area contributed by atoms with Crippen molar-refractivity contribution in [3.8, 4) is 0 Å². The van der Waals surface area contributed by atoms with Gasteiger partial charge < -0.3 is 9.80 Å². The number of benzene rings is 1. The molecular weight excluding hydrogens is 328 g/mol. The van der Waals surface area contributed by atoms with E-state index in [2.05, 4.69) is 49.8 Å². The van der Waals surface area contributed by atoms with Gasteiger partial charge in [-0.25, -0.2) is 0 Å². The first kappa shape index (κ1) is 18.9. The van der Waals surface area contributed by atoms with Gasteiger partial charge >= 0.3 is 0 Å². The van der Waals surface area contributed by atoms with E-state index in [0.29, 0.717) is 26.2 Å². The van der Waals surface area contributed by atoms with Gasteiger partial charge in [-0.1, -0.05) is 42.7 Å². The third-order valence-electron chi connectivity index (χ3n) is 5.30. The molecule has 2 aliphatic heterocycles. The molecule has 26 heavy (non-hydrogen) atoms. The summed E-state index contributed by atoms with van der Waals surface area (Å²) >= 11 is 0. The average molecular weight is 358 g/mol. The second kappa shape index (κ2) is 8.18. The maximum absolute atomic E-state index is 12.9. The first-order valence-corrected chi connectivity index (χ1v) is 9.60. The maximum atomic E-state index is 12.9. The van der Waals surface area contributed by atoms with Crippen molar-refractivity contribution in [3.63, 3.8) is 0 Å². The summed E-state index contributed by atoms with van der Waals surface area (Å²) in [6.07, 6.45) is 2.00. The number of hydrazine groups is 1. The van der Waals surface area contributed by atoms with Crippen molar-refractivity contribution in [1.82, 2.24) is 20.7 Å². The number of carbonyl (C=O) groups is 2. The Labute approximate surface area is 155 Å². The number of carbonyl (C=O) groups excluding carboxylic acids is 2. The fraction of sp³-hybridized carbons (Fsp3) is 0.600. The summed E-state index contributed by atoms with van der Waals surface area (Å²) in [5.41, 5.74) is 9.88. The van der Waals surface area contributed by atoms with Gasteiger partial charge in [0.25, 0.3) is 0 Å². The van der Waals surface area contributed by atoms with Gasteiger partial charge in [-0.2, -0.15) is 0 Å². The molecule has 2 saturated heterocycles. The average Bonchev–Trinajstić information content (AvgIpc) is 3.04. The first-order chi connectivity index (χ1) is 12.5. The molecule has 2 unspecified atom stereocenters. The third-order valence-corrected chi connectivity index (χ3v) is 5.30. The number of hydrogen-bond donors (Lipinski definition) is 2. The molecule has 0 aromatic heterocycles. The summed E-state index contributed by atoms with van der Waals surface area (Å²) in [4.78, 5) is 29.1. The Balaban J connectivity index is 1.59. The maximum Gasteiger partial charge on any atom is 0.242 e. The van der Waals surface area contributed by atoms with Crippen LogP contribution in [0.4, 0.5) is 0 Å². The number of nitrogens with zero attached hydrogens (tertiary/aromatic N) is 2. The van der Waals surface area contributed by atoms with Crippen LogP contribution >= 0.6 is 0 Å². The highest BCUT2D eigenvalue weighted by Gasteiger charge is 2.37. The molecule has 2 aliphatic rings. The SMILES string of the molecule is CCCC1NNCC1C(=O)N1CCN(Cc2cc(C)cc(C)c2)C(=O)C1. The van der Waals surface area contributed by atoms with Crippen LogP contribution in [-0.2, 0) is 16.1 Å². The van der Waals surface area contributed by atoms with Crippen LogP contribution in [0.3, 0.4) is 0 Å². The van der Waals surface area contributed by atoms with Crippen LogP contribution in [0.15, 0.2) is 18.2 Å². The monoisotopic (exact) mass is 358 g/mol. The van der Waals surface area contributed by atoms with Crippen LogP contribution < -0.4 is 10.9 Å². The minimum Gasteiger partial charge on any atom is -0.335 e. The number of aryl methyl sites for hydroxylation is 2. The van der Waals surface area contributed by atoms with Crippen LogP contribution in [0, 0.1) is 19.8 Å². The smallest absolute Gasteiger partial charge is 0.242 e. The fourth-order valence-corrected chi connectivity index (χ4v) is 4.07. The fourth-order valence-electron chi connectivity index (χ4n) is 4.07. The highest BCUT2D eigenvalue weighted by atomic mass is 16.2. The predicted molar refractivity (Wildman–Crippen MR) is 101 cm³/mol. The molecule has 3 rings (SSSR count). The van der Waals surface area contributed by atoms with Crippen molar-refractivity contribution in [2.45, 2.75) is 46.2 Å². The van der Waals surface area contributed by atoms with Gasteiger partial charge in [0.05, 0.1) is 12.5 Å². The lowest BCUT2D eigenvalue weighted by molar-refractivity contribution is -0.148. The van der Waals surface area contributed by atoms with Crippen molar-refractivity contribution >= 4 is 11.8 Å². The Morgan fingerprint density at radius 1 is 1.19 bits per heavy atom. The minimum atomic E-state index is -0.0753. The standard InChI is InChI=1S/C20H30N4O2/c1-4-5-18-17(11-21-22-18)20(26)24-7-6-23(19(25)13-24)12-16-9-14(2)8-15(3)10-16/h8-10,17-18,21-22H,4-7,11-13H2,1-3H3. The van der Waals surface area contributed by atoms with Gasteiger partial charge in [-0.05, 0) is 25.8 Å². The van der Waals surface area contributed by atoms with Gasteiger partial charge in [0.1, 0.15) is 0 Å². The van der Waals surface area contributed by atoms with Crippen LogP contribution in [0.5, 0.6) is 0 Å². The molecule has 2 N–H and O–H groups in total. The van der Waals surface area contributed by atoms with E-state index in [1.807, 2.05) is 4.90 Å². The molecule has 6 nitrogen and oxygen atoms in total. The molecule has 142 valence electrons. The van der Waals surface area contributed by atoms with Crippen molar-refractivity contribution in [2.24, 2.45) is 5.92 Å². The zero-order chi connectivity index (χ0) is 18.7. The van der Waals surface area contributed by atoms with E-state index in [-0.39, 0.29) is 30.3 Å². The highest BCUT2D eigenvalue weighted by molar-refractivity contribution is 5.87. The quantitative estimate of drug-likeness (QED) is 0.834. The normalized spacial score (nSPS) is 23.6. The molecule has 6 heteroatoms. The zero-order valence-electron chi connectivity index (χ0n) is 16.0. The molecule has 2 amide bonds. The van der Waals surface area contributed by atoms with E-state index in [9.17, 15) is 9.59 Å². The molecule has 0 aliphatic carbocycles. The number of nitrogens with one attached hydrogen (secondary N) is 2. The molecule has 0 spiro atoms. The molecule has 2 atom stereocenters. The summed E-state index contributed by atoms with van der Waals surface area (Å²) in [6, 6.07) is 6.56. The van der Waals surface area contributed by atoms with Crippen molar-refractivity contribution in [2.75, 3.05) is 26.2 Å². The predicted octanol–water partition coefficient (Wildman–Crippen LogP) is 1.37. The van der Waals surface area contributed by atoms with Gasteiger partial charge in [0.15, 0.2) is 0 Å². The summed E-state index contributed by atoms with van der Waals surface area (Å²) in [5, 5.41) is 0. The summed E-state index contributed by atoms with van der Waals surface area (Å²) in [5.74, 6) is 0.0591. The molecule has 0 radical (unpaired) electrons. The highest BCUT2D eigenvalue weighted by Crippen LogP contribution is 2.19. The molecule has 2 fully saturated rings. The van der Waals surface area contributed by atoms with Gasteiger partial charge in [0.2, 0.25) is 11.8 Å². The second-order valence-corrected chi connectivity index (χ2v) is 7.60.